The summed E-state index contributed by atoms with van der Waals surface area (Å²) >= 11 is 1.17. The van der Waals surface area contributed by atoms with E-state index >= 15 is 0 Å². The lowest BCUT2D eigenvalue weighted by molar-refractivity contribution is 0.0684. The van der Waals surface area contributed by atoms with E-state index in [4.69, 9.17) is 5.73 Å². The number of nitrogens with one attached hydrogen (secondary N) is 1. The fourth-order valence-corrected chi connectivity index (χ4v) is 6.02. The number of anilines is 1. The van der Waals surface area contributed by atoms with E-state index in [-0.39, 0.29) is 40.5 Å². The van der Waals surface area contributed by atoms with Crippen molar-refractivity contribution in [1.29, 1.82) is 0 Å². The zero-order chi connectivity index (χ0) is 24.3. The van der Waals surface area contributed by atoms with Gasteiger partial charge in [-0.15, -0.1) is 0 Å². The molecular weight excluding hydrogens is 467 g/mol. The Morgan fingerprint density at radius 1 is 1.20 bits per heavy atom. The minimum absolute atomic E-state index is 0.130. The number of hydrogen-bond acceptors (Lipinski definition) is 6. The summed E-state index contributed by atoms with van der Waals surface area (Å²) < 4.78 is 15.4. The Morgan fingerprint density at radius 2 is 2.03 bits per heavy atom. The van der Waals surface area contributed by atoms with Gasteiger partial charge in [-0.2, -0.15) is 5.10 Å². The molecule has 6 rings (SSSR count). The van der Waals surface area contributed by atoms with Crippen molar-refractivity contribution in [3.05, 3.63) is 65.7 Å². The third-order valence-corrected chi connectivity index (χ3v) is 7.77. The predicted molar refractivity (Wildman–Crippen MR) is 131 cm³/mol. The van der Waals surface area contributed by atoms with E-state index in [9.17, 15) is 14.0 Å². The quantitative estimate of drug-likeness (QED) is 0.446. The van der Waals surface area contributed by atoms with E-state index in [0.29, 0.717) is 28.6 Å². The van der Waals surface area contributed by atoms with Crippen LogP contribution in [0.15, 0.2) is 48.5 Å². The molecule has 2 fully saturated rings. The second-order valence-corrected chi connectivity index (χ2v) is 10.1. The molecule has 2 aromatic heterocycles. The summed E-state index contributed by atoms with van der Waals surface area (Å²) in [6, 6.07) is 13.6. The van der Waals surface area contributed by atoms with Gasteiger partial charge in [-0.3, -0.25) is 14.3 Å². The minimum Gasteiger partial charge on any atom is -0.375 e. The van der Waals surface area contributed by atoms with Gasteiger partial charge < -0.3 is 16.0 Å². The van der Waals surface area contributed by atoms with Crippen LogP contribution in [0.3, 0.4) is 0 Å². The minimum atomic E-state index is -0.389. The van der Waals surface area contributed by atoms with Gasteiger partial charge >= 0.3 is 0 Å². The number of piperidine rings is 1. The largest absolute Gasteiger partial charge is 0.375 e. The van der Waals surface area contributed by atoms with E-state index in [1.54, 1.807) is 23.9 Å². The van der Waals surface area contributed by atoms with Gasteiger partial charge in [-0.25, -0.2) is 9.37 Å². The summed E-state index contributed by atoms with van der Waals surface area (Å²) in [5.74, 6) is -0.425. The molecule has 4 aromatic rings. The highest BCUT2D eigenvalue weighted by Crippen LogP contribution is 2.49. The van der Waals surface area contributed by atoms with Gasteiger partial charge in [0, 0.05) is 25.0 Å². The summed E-state index contributed by atoms with van der Waals surface area (Å²) in [7, 11) is 1.75. The number of hydrogen-bond donors (Lipinski definition) is 2. The van der Waals surface area contributed by atoms with Crippen LogP contribution < -0.4 is 11.1 Å². The van der Waals surface area contributed by atoms with Gasteiger partial charge in [0.2, 0.25) is 0 Å². The number of thiazole rings is 1. The van der Waals surface area contributed by atoms with E-state index in [2.05, 4.69) is 15.4 Å². The van der Waals surface area contributed by atoms with Crippen molar-refractivity contribution in [3.8, 4) is 10.4 Å². The van der Waals surface area contributed by atoms with Crippen LogP contribution in [0.25, 0.3) is 21.3 Å². The number of carbonyl (C=O) groups is 2. The lowest BCUT2D eigenvalue weighted by Gasteiger charge is -2.27. The molecule has 3 N–H and O–H groups in total. The average molecular weight is 491 g/mol. The maximum Gasteiger partial charge on any atom is 0.274 e. The molecule has 2 aromatic carbocycles. The van der Waals surface area contributed by atoms with E-state index in [0.717, 1.165) is 23.7 Å². The first-order valence-electron chi connectivity index (χ1n) is 11.5. The molecule has 1 saturated carbocycles. The molecule has 0 bridgehead atoms. The standard InChI is InChI=1S/C25H23FN6O2S/c1-31-21(17-7-2-3-8-18(17)30-31)23(33)28-12-16-10-14-11-19(14)32(16)24(34)20-22(35-25(27)29-20)13-5-4-6-15(26)9-13/h2-9,14,16,19H,10-12H2,1H3,(H2,27,29)(H,28,33)/t14?,16?,19-/m0/s1. The molecule has 2 unspecified atom stereocenters. The SMILES string of the molecule is Cn1nc2ccccc2c1C(=O)NCC1CC2C[C@@H]2N1C(=O)c1nc(N)sc1-c1cccc(F)c1. The van der Waals surface area contributed by atoms with Gasteiger partial charge in [-0.05, 0) is 42.5 Å². The first kappa shape index (κ1) is 21.7. The molecule has 10 heteroatoms. The number of aryl methyl sites for hydroxylation is 1. The molecule has 35 heavy (non-hydrogen) atoms. The molecule has 1 saturated heterocycles. The highest BCUT2D eigenvalue weighted by Gasteiger charge is 2.54. The Labute approximate surface area is 204 Å². The molecule has 3 atom stereocenters. The number of likely N-dealkylation sites (tertiary alicyclic amines) is 1. The molecule has 2 aliphatic rings. The van der Waals surface area contributed by atoms with Crippen LogP contribution in [0.1, 0.15) is 33.8 Å². The Balaban J connectivity index is 1.24. The van der Waals surface area contributed by atoms with Crippen molar-refractivity contribution >= 4 is 39.2 Å². The number of nitrogen functional groups attached to an aromatic ring is 1. The lowest BCUT2D eigenvalue weighted by atomic mass is 10.1. The Kier molecular flexibility index (Phi) is 5.06. The van der Waals surface area contributed by atoms with Crippen LogP contribution in [0.4, 0.5) is 9.52 Å². The van der Waals surface area contributed by atoms with E-state index < -0.39 is 0 Å². The molecule has 3 heterocycles. The summed E-state index contributed by atoms with van der Waals surface area (Å²) in [6.07, 6.45) is 1.76. The predicted octanol–water partition coefficient (Wildman–Crippen LogP) is 3.45. The molecule has 2 amide bonds. The Morgan fingerprint density at radius 3 is 2.86 bits per heavy atom. The zero-order valence-electron chi connectivity index (χ0n) is 18.9. The molecule has 0 radical (unpaired) electrons. The zero-order valence-corrected chi connectivity index (χ0v) is 19.8. The number of carbonyl (C=O) groups excluding carboxylic acids is 2. The molecule has 178 valence electrons. The summed E-state index contributed by atoms with van der Waals surface area (Å²) in [4.78, 5) is 33.5. The maximum absolute atomic E-state index is 13.9. The van der Waals surface area contributed by atoms with Gasteiger partial charge in [0.15, 0.2) is 5.13 Å². The van der Waals surface area contributed by atoms with Crippen molar-refractivity contribution in [1.82, 2.24) is 25.0 Å². The fourth-order valence-electron chi connectivity index (χ4n) is 5.20. The second kappa shape index (κ2) is 8.16. The highest BCUT2D eigenvalue weighted by atomic mass is 32.1. The molecule has 1 aliphatic carbocycles. The van der Waals surface area contributed by atoms with Crippen LogP contribution in [-0.2, 0) is 7.05 Å². The molecule has 8 nitrogen and oxygen atoms in total. The topological polar surface area (TPSA) is 106 Å². The number of benzene rings is 2. The Hall–Kier alpha value is -3.79. The smallest absolute Gasteiger partial charge is 0.274 e. The van der Waals surface area contributed by atoms with Crippen molar-refractivity contribution in [2.75, 3.05) is 12.3 Å². The highest BCUT2D eigenvalue weighted by molar-refractivity contribution is 7.19. The first-order chi connectivity index (χ1) is 16.9. The third kappa shape index (κ3) is 3.74. The number of aromatic nitrogens is 3. The van der Waals surface area contributed by atoms with Crippen molar-refractivity contribution in [2.24, 2.45) is 13.0 Å². The van der Waals surface area contributed by atoms with Crippen LogP contribution in [0.2, 0.25) is 0 Å². The summed E-state index contributed by atoms with van der Waals surface area (Å²) in [5, 5.41) is 8.46. The molecule has 0 spiro atoms. The number of halogens is 1. The lowest BCUT2D eigenvalue weighted by Crippen LogP contribution is -2.45. The Bertz CT molecular complexity index is 1480. The monoisotopic (exact) mass is 490 g/mol. The normalized spacial score (nSPS) is 20.7. The summed E-state index contributed by atoms with van der Waals surface area (Å²) in [5.41, 5.74) is 8.01. The van der Waals surface area contributed by atoms with Crippen molar-refractivity contribution < 1.29 is 14.0 Å². The van der Waals surface area contributed by atoms with E-state index in [1.165, 1.54) is 23.5 Å². The number of nitrogens with two attached hydrogens (primary N) is 1. The van der Waals surface area contributed by atoms with Gasteiger partial charge in [0.05, 0.1) is 16.4 Å². The maximum atomic E-state index is 13.9. The van der Waals surface area contributed by atoms with Gasteiger partial charge in [0.1, 0.15) is 17.2 Å². The van der Waals surface area contributed by atoms with Crippen LogP contribution in [-0.4, -0.2) is 50.1 Å². The van der Waals surface area contributed by atoms with Crippen LogP contribution in [0, 0.1) is 11.7 Å². The van der Waals surface area contributed by atoms with Gasteiger partial charge in [0.25, 0.3) is 11.8 Å². The number of rotatable bonds is 5. The number of amides is 2. The molecular formula is C25H23FN6O2S. The van der Waals surface area contributed by atoms with Crippen LogP contribution >= 0.6 is 11.3 Å². The van der Waals surface area contributed by atoms with Gasteiger partial charge in [-0.1, -0.05) is 41.7 Å². The third-order valence-electron chi connectivity index (χ3n) is 6.83. The van der Waals surface area contributed by atoms with E-state index in [1.807, 2.05) is 29.2 Å². The number of nitrogens with zero attached hydrogens (tertiary/aromatic N) is 4. The van der Waals surface area contributed by atoms with Crippen LogP contribution in [0.5, 0.6) is 0 Å². The second-order valence-electron chi connectivity index (χ2n) is 9.10. The molecule has 1 aliphatic heterocycles. The summed E-state index contributed by atoms with van der Waals surface area (Å²) in [6.45, 7) is 0.325. The average Bonchev–Trinajstić information content (AvgIpc) is 3.16. The first-order valence-corrected chi connectivity index (χ1v) is 12.3. The van der Waals surface area contributed by atoms with Crippen molar-refractivity contribution in [2.45, 2.75) is 24.9 Å². The fraction of sp³-hybridized carbons (Fsp3) is 0.280. The number of fused-ring (bicyclic) bond motifs is 2. The van der Waals surface area contributed by atoms with Crippen molar-refractivity contribution in [3.63, 3.8) is 0 Å².